The lowest BCUT2D eigenvalue weighted by molar-refractivity contribution is 0.101. The Morgan fingerprint density at radius 1 is 1.57 bits per heavy atom. The minimum absolute atomic E-state index is 0.0180. The van der Waals surface area contributed by atoms with E-state index in [0.717, 1.165) is 16.6 Å². The molecule has 1 aromatic carbocycles. The first-order valence-electron chi connectivity index (χ1n) is 4.54. The highest BCUT2D eigenvalue weighted by molar-refractivity contribution is 6.62. The summed E-state index contributed by atoms with van der Waals surface area (Å²) in [6.45, 7) is 3.79. The van der Waals surface area contributed by atoms with E-state index in [4.69, 9.17) is 4.65 Å². The van der Waals surface area contributed by atoms with Crippen LogP contribution in [0.25, 0.3) is 0 Å². The molecule has 0 atom stereocenters. The largest absolute Gasteiger partial charge is 0.492 e. The van der Waals surface area contributed by atoms with Crippen LogP contribution in [-0.4, -0.2) is 17.9 Å². The predicted octanol–water partition coefficient (Wildman–Crippen LogP) is 0.415. The van der Waals surface area contributed by atoms with Crippen molar-refractivity contribution in [3.8, 4) is 0 Å². The highest BCUT2D eigenvalue weighted by atomic mass is 16.5. The van der Waals surface area contributed by atoms with Gasteiger partial charge >= 0.3 is 7.12 Å². The second-order valence-corrected chi connectivity index (χ2v) is 3.53. The third kappa shape index (κ3) is 1.27. The molecule has 72 valence electrons. The highest BCUT2D eigenvalue weighted by Gasteiger charge is 2.30. The topological polar surface area (TPSA) is 46.5 Å². The van der Waals surface area contributed by atoms with Gasteiger partial charge in [0.1, 0.15) is 0 Å². The summed E-state index contributed by atoms with van der Waals surface area (Å²) in [7, 11) is -0.871. The van der Waals surface area contributed by atoms with Gasteiger partial charge in [-0.25, -0.2) is 0 Å². The zero-order chi connectivity index (χ0) is 10.3. The Hall–Kier alpha value is -1.13. The fourth-order valence-electron chi connectivity index (χ4n) is 1.89. The van der Waals surface area contributed by atoms with Gasteiger partial charge in [-0.05, 0) is 30.4 Å². The van der Waals surface area contributed by atoms with Crippen molar-refractivity contribution >= 4 is 18.4 Å². The maximum atomic E-state index is 11.3. The van der Waals surface area contributed by atoms with Crippen LogP contribution in [0.1, 0.15) is 28.4 Å². The maximum absolute atomic E-state index is 11.3. The molecule has 4 heteroatoms. The normalized spacial score (nSPS) is 14.4. The molecule has 0 amide bonds. The molecule has 1 heterocycles. The van der Waals surface area contributed by atoms with Gasteiger partial charge in [-0.2, -0.15) is 0 Å². The van der Waals surface area contributed by atoms with Crippen LogP contribution in [0.3, 0.4) is 0 Å². The molecule has 1 N–H and O–H groups in total. The Morgan fingerprint density at radius 2 is 2.29 bits per heavy atom. The zero-order valence-corrected chi connectivity index (χ0v) is 8.20. The summed E-state index contributed by atoms with van der Waals surface area (Å²) in [6, 6.07) is 3.63. The van der Waals surface area contributed by atoms with Crippen LogP contribution >= 0.6 is 0 Å². The molecule has 0 unspecified atom stereocenters. The molecule has 0 aromatic heterocycles. The van der Waals surface area contributed by atoms with Gasteiger partial charge in [0.05, 0.1) is 6.61 Å². The monoisotopic (exact) mass is 190 g/mol. The van der Waals surface area contributed by atoms with Crippen molar-refractivity contribution in [3.05, 3.63) is 28.8 Å². The molecular formula is C10H11BO3. The molecule has 1 aliphatic rings. The number of hydrogen-bond donors (Lipinski definition) is 1. The number of carbonyl (C=O) groups is 1. The third-order valence-corrected chi connectivity index (χ3v) is 2.63. The summed E-state index contributed by atoms with van der Waals surface area (Å²) in [6.07, 6.45) is 0. The van der Waals surface area contributed by atoms with Gasteiger partial charge in [0.25, 0.3) is 0 Å². The van der Waals surface area contributed by atoms with E-state index in [0.29, 0.717) is 12.2 Å². The number of fused-ring (bicyclic) bond motifs is 1. The molecule has 0 fully saturated rings. The Labute approximate surface area is 82.8 Å². The van der Waals surface area contributed by atoms with E-state index in [-0.39, 0.29) is 5.78 Å². The summed E-state index contributed by atoms with van der Waals surface area (Å²) in [5.74, 6) is 0.0180. The predicted molar refractivity (Wildman–Crippen MR) is 53.6 cm³/mol. The molecule has 0 aliphatic carbocycles. The fraction of sp³-hybridized carbons (Fsp3) is 0.300. The molecule has 1 aromatic rings. The van der Waals surface area contributed by atoms with Gasteiger partial charge in [-0.3, -0.25) is 4.79 Å². The van der Waals surface area contributed by atoms with Gasteiger partial charge in [-0.1, -0.05) is 12.1 Å². The molecule has 0 bridgehead atoms. The minimum Gasteiger partial charge on any atom is -0.423 e. The number of ketones is 1. The average Bonchev–Trinajstić information content (AvgIpc) is 2.48. The van der Waals surface area contributed by atoms with Crippen LogP contribution in [0, 0.1) is 6.92 Å². The van der Waals surface area contributed by atoms with Crippen LogP contribution in [0.2, 0.25) is 0 Å². The van der Waals surface area contributed by atoms with E-state index in [1.165, 1.54) is 6.92 Å². The lowest BCUT2D eigenvalue weighted by Gasteiger charge is -2.07. The summed E-state index contributed by atoms with van der Waals surface area (Å²) < 4.78 is 5.08. The van der Waals surface area contributed by atoms with E-state index in [2.05, 4.69) is 0 Å². The van der Waals surface area contributed by atoms with Crippen molar-refractivity contribution < 1.29 is 14.5 Å². The Morgan fingerprint density at radius 3 is 2.93 bits per heavy atom. The van der Waals surface area contributed by atoms with E-state index in [9.17, 15) is 9.82 Å². The second kappa shape index (κ2) is 3.22. The zero-order valence-electron chi connectivity index (χ0n) is 8.20. The molecular weight excluding hydrogens is 179 g/mol. The number of carbonyl (C=O) groups excluding carboxylic acids is 1. The number of hydrogen-bond acceptors (Lipinski definition) is 3. The minimum atomic E-state index is -0.871. The van der Waals surface area contributed by atoms with Gasteiger partial charge in [0, 0.05) is 5.56 Å². The van der Waals surface area contributed by atoms with Gasteiger partial charge in [-0.15, -0.1) is 0 Å². The van der Waals surface area contributed by atoms with E-state index < -0.39 is 7.12 Å². The lowest BCUT2D eigenvalue weighted by Crippen LogP contribution is -2.31. The van der Waals surface area contributed by atoms with Crippen molar-refractivity contribution in [1.29, 1.82) is 0 Å². The first-order chi connectivity index (χ1) is 6.61. The van der Waals surface area contributed by atoms with Gasteiger partial charge in [0.2, 0.25) is 0 Å². The lowest BCUT2D eigenvalue weighted by atomic mass is 9.75. The van der Waals surface area contributed by atoms with Crippen molar-refractivity contribution in [3.63, 3.8) is 0 Å². The Kier molecular flexibility index (Phi) is 2.17. The number of Topliss-reactive ketones (excluding diaryl/α,β-unsaturated/α-hetero) is 1. The van der Waals surface area contributed by atoms with Crippen LogP contribution in [0.5, 0.6) is 0 Å². The third-order valence-electron chi connectivity index (χ3n) is 2.63. The Balaban J connectivity index is 2.61. The molecule has 0 saturated carbocycles. The molecule has 2 rings (SSSR count). The van der Waals surface area contributed by atoms with Crippen molar-refractivity contribution in [1.82, 2.24) is 0 Å². The highest BCUT2D eigenvalue weighted by Crippen LogP contribution is 2.16. The molecule has 3 nitrogen and oxygen atoms in total. The van der Waals surface area contributed by atoms with Crippen LogP contribution in [0.4, 0.5) is 0 Å². The first-order valence-corrected chi connectivity index (χ1v) is 4.54. The van der Waals surface area contributed by atoms with Crippen molar-refractivity contribution in [2.24, 2.45) is 0 Å². The molecule has 1 aliphatic heterocycles. The number of benzene rings is 1. The van der Waals surface area contributed by atoms with Crippen LogP contribution < -0.4 is 5.46 Å². The van der Waals surface area contributed by atoms with E-state index in [1.54, 1.807) is 6.07 Å². The van der Waals surface area contributed by atoms with Crippen molar-refractivity contribution in [2.75, 3.05) is 0 Å². The summed E-state index contributed by atoms with van der Waals surface area (Å²) >= 11 is 0. The van der Waals surface area contributed by atoms with Crippen LogP contribution in [0.15, 0.2) is 12.1 Å². The maximum Gasteiger partial charge on any atom is 0.492 e. The van der Waals surface area contributed by atoms with Gasteiger partial charge < -0.3 is 9.68 Å². The van der Waals surface area contributed by atoms with E-state index in [1.807, 2.05) is 13.0 Å². The van der Waals surface area contributed by atoms with Crippen LogP contribution in [-0.2, 0) is 11.3 Å². The van der Waals surface area contributed by atoms with E-state index >= 15 is 0 Å². The molecule has 0 spiro atoms. The van der Waals surface area contributed by atoms with Gasteiger partial charge in [0.15, 0.2) is 5.78 Å². The average molecular weight is 190 g/mol. The summed E-state index contributed by atoms with van der Waals surface area (Å²) in [5, 5.41) is 9.53. The smallest absolute Gasteiger partial charge is 0.423 e. The summed E-state index contributed by atoms with van der Waals surface area (Å²) in [5.41, 5.74) is 3.23. The molecule has 14 heavy (non-hydrogen) atoms. The molecule has 0 saturated heterocycles. The second-order valence-electron chi connectivity index (χ2n) is 3.53. The Bertz CT molecular complexity index is 401. The standard InChI is InChI=1S/C10H11BO3/c1-6-9(7(2)12)4-3-8-5-14-11(13)10(6)8/h3-4,13H,5H2,1-2H3. The first kappa shape index (κ1) is 9.43. The quantitative estimate of drug-likeness (QED) is 0.515. The molecule has 0 radical (unpaired) electrons. The fourth-order valence-corrected chi connectivity index (χ4v) is 1.89. The number of rotatable bonds is 1. The van der Waals surface area contributed by atoms with Crippen molar-refractivity contribution in [2.45, 2.75) is 20.5 Å². The summed E-state index contributed by atoms with van der Waals surface area (Å²) in [4.78, 5) is 11.3. The SMILES string of the molecule is CC(=O)c1ccc2c(c1C)B(O)OC2.